The summed E-state index contributed by atoms with van der Waals surface area (Å²) in [5.74, 6) is 0.0511. The van der Waals surface area contributed by atoms with Crippen molar-refractivity contribution in [1.29, 1.82) is 0 Å². The van der Waals surface area contributed by atoms with Gasteiger partial charge in [0, 0.05) is 35.6 Å². The lowest BCUT2D eigenvalue weighted by atomic mass is 10.0. The van der Waals surface area contributed by atoms with Crippen molar-refractivity contribution in [3.05, 3.63) is 34.3 Å². The lowest BCUT2D eigenvalue weighted by Crippen LogP contribution is -2.87. The topological polar surface area (TPSA) is 75.2 Å². The molecular weight excluding hydrogens is 398 g/mol. The molecule has 0 unspecified atom stereocenters. The molecule has 0 bridgehead atoms. The molecule has 1 aliphatic heterocycles. The number of hydrogen-bond donors (Lipinski definition) is 2. The second-order valence-electron chi connectivity index (χ2n) is 6.53. The van der Waals surface area contributed by atoms with E-state index in [2.05, 4.69) is 45.6 Å². The first-order valence-electron chi connectivity index (χ1n) is 9.33. The van der Waals surface area contributed by atoms with Crippen molar-refractivity contribution >= 4 is 27.9 Å². The zero-order valence-electron chi connectivity index (χ0n) is 15.5. The molecule has 6 nitrogen and oxygen atoms in total. The van der Waals surface area contributed by atoms with Crippen LogP contribution >= 0.6 is 15.9 Å². The number of likely N-dealkylation sites (tertiary alicyclic amines) is 1. The van der Waals surface area contributed by atoms with E-state index in [1.165, 1.54) is 5.56 Å². The van der Waals surface area contributed by atoms with Crippen molar-refractivity contribution in [2.75, 3.05) is 26.2 Å². The summed E-state index contributed by atoms with van der Waals surface area (Å²) in [6.45, 7) is 5.99. The second-order valence-corrected chi connectivity index (χ2v) is 7.45. The Morgan fingerprint density at radius 1 is 1.27 bits per heavy atom. The third-order valence-electron chi connectivity index (χ3n) is 4.71. The summed E-state index contributed by atoms with van der Waals surface area (Å²) in [6.07, 6.45) is 2.25. The largest absolute Gasteiger partial charge is 0.450 e. The zero-order valence-corrected chi connectivity index (χ0v) is 17.1. The average molecular weight is 427 g/mol. The lowest BCUT2D eigenvalue weighted by molar-refractivity contribution is -0.686. The van der Waals surface area contributed by atoms with E-state index in [0.717, 1.165) is 23.7 Å². The molecule has 1 fully saturated rings. The van der Waals surface area contributed by atoms with Gasteiger partial charge in [-0.05, 0) is 31.9 Å². The van der Waals surface area contributed by atoms with E-state index in [-0.39, 0.29) is 24.1 Å². The molecule has 1 atom stereocenters. The highest BCUT2D eigenvalue weighted by Gasteiger charge is 2.25. The SMILES string of the molecule is CCOC(=O)N1CCC(NC(=O)C[NH2+][C@H](CC)c2ccc(Br)cc2)CC1. The molecule has 144 valence electrons. The molecule has 3 N–H and O–H groups in total. The zero-order chi connectivity index (χ0) is 18.9. The van der Waals surface area contributed by atoms with Gasteiger partial charge in [0.25, 0.3) is 5.91 Å². The monoisotopic (exact) mass is 426 g/mol. The number of nitrogens with one attached hydrogen (secondary N) is 1. The Labute approximate surface area is 163 Å². The van der Waals surface area contributed by atoms with E-state index in [0.29, 0.717) is 26.2 Å². The minimum Gasteiger partial charge on any atom is -0.450 e. The summed E-state index contributed by atoms with van der Waals surface area (Å²) in [4.78, 5) is 25.7. The van der Waals surface area contributed by atoms with Crippen LogP contribution < -0.4 is 10.6 Å². The Bertz CT molecular complexity index is 586. The Balaban J connectivity index is 1.73. The van der Waals surface area contributed by atoms with E-state index in [4.69, 9.17) is 4.74 Å². The van der Waals surface area contributed by atoms with Gasteiger partial charge in [0.1, 0.15) is 6.04 Å². The van der Waals surface area contributed by atoms with Gasteiger partial charge in [-0.3, -0.25) is 4.79 Å². The summed E-state index contributed by atoms with van der Waals surface area (Å²) in [7, 11) is 0. The Morgan fingerprint density at radius 3 is 2.50 bits per heavy atom. The van der Waals surface area contributed by atoms with Gasteiger partial charge >= 0.3 is 6.09 Å². The number of carbonyl (C=O) groups is 2. The van der Waals surface area contributed by atoms with E-state index >= 15 is 0 Å². The highest BCUT2D eigenvalue weighted by molar-refractivity contribution is 9.10. The molecule has 0 radical (unpaired) electrons. The van der Waals surface area contributed by atoms with Crippen molar-refractivity contribution in [3.8, 4) is 0 Å². The van der Waals surface area contributed by atoms with Crippen LogP contribution in [0, 0.1) is 0 Å². The Hall–Kier alpha value is -1.60. The van der Waals surface area contributed by atoms with Crippen LogP contribution in [0.25, 0.3) is 0 Å². The molecule has 7 heteroatoms. The van der Waals surface area contributed by atoms with Crippen LogP contribution in [0.1, 0.15) is 44.7 Å². The van der Waals surface area contributed by atoms with Gasteiger partial charge in [0.2, 0.25) is 0 Å². The fourth-order valence-electron chi connectivity index (χ4n) is 3.21. The van der Waals surface area contributed by atoms with Crippen LogP contribution in [0.3, 0.4) is 0 Å². The van der Waals surface area contributed by atoms with Gasteiger partial charge in [0.15, 0.2) is 6.54 Å². The van der Waals surface area contributed by atoms with Crippen molar-refractivity contribution in [1.82, 2.24) is 10.2 Å². The number of nitrogens with zero attached hydrogens (tertiary/aromatic N) is 1. The predicted molar refractivity (Wildman–Crippen MR) is 104 cm³/mol. The Morgan fingerprint density at radius 2 is 1.92 bits per heavy atom. The fraction of sp³-hybridized carbons (Fsp3) is 0.579. The average Bonchev–Trinajstić information content (AvgIpc) is 2.64. The maximum Gasteiger partial charge on any atom is 0.409 e. The number of rotatable bonds is 7. The first kappa shape index (κ1) is 20.7. The maximum atomic E-state index is 12.3. The van der Waals surface area contributed by atoms with Crippen LogP contribution in [0.2, 0.25) is 0 Å². The first-order valence-corrected chi connectivity index (χ1v) is 10.1. The number of hydrogen-bond acceptors (Lipinski definition) is 3. The summed E-state index contributed by atoms with van der Waals surface area (Å²) < 4.78 is 6.07. The van der Waals surface area contributed by atoms with Gasteiger partial charge in [-0.25, -0.2) is 4.79 Å². The van der Waals surface area contributed by atoms with Gasteiger partial charge in [-0.1, -0.05) is 35.0 Å². The fourth-order valence-corrected chi connectivity index (χ4v) is 3.47. The summed E-state index contributed by atoms with van der Waals surface area (Å²) in [5.41, 5.74) is 1.23. The van der Waals surface area contributed by atoms with Crippen molar-refractivity contribution in [3.63, 3.8) is 0 Å². The number of piperidine rings is 1. The van der Waals surface area contributed by atoms with Gasteiger partial charge in [0.05, 0.1) is 6.61 Å². The standard InChI is InChI=1S/C19H28BrN3O3/c1-3-17(14-5-7-15(20)8-6-14)21-13-18(24)22-16-9-11-23(12-10-16)19(25)26-4-2/h5-8,16-17,21H,3-4,9-13H2,1-2H3,(H,22,24)/p+1/t17-/m1/s1. The number of amides is 2. The van der Waals surface area contributed by atoms with Crippen molar-refractivity contribution in [2.24, 2.45) is 0 Å². The molecule has 0 aliphatic carbocycles. The normalized spacial score (nSPS) is 16.2. The van der Waals surface area contributed by atoms with E-state index in [9.17, 15) is 9.59 Å². The van der Waals surface area contributed by atoms with Crippen LogP contribution in [0.5, 0.6) is 0 Å². The minimum absolute atomic E-state index is 0.0511. The van der Waals surface area contributed by atoms with Gasteiger partial charge < -0.3 is 20.3 Å². The minimum atomic E-state index is -0.258. The van der Waals surface area contributed by atoms with Gasteiger partial charge in [-0.2, -0.15) is 0 Å². The van der Waals surface area contributed by atoms with E-state index in [1.54, 1.807) is 11.8 Å². The molecule has 2 amide bonds. The highest BCUT2D eigenvalue weighted by Crippen LogP contribution is 2.16. The number of carbonyl (C=O) groups excluding carboxylic acids is 2. The van der Waals surface area contributed by atoms with Crippen LogP contribution in [-0.4, -0.2) is 49.2 Å². The third kappa shape index (κ3) is 6.29. The van der Waals surface area contributed by atoms with E-state index < -0.39 is 0 Å². The molecular formula is C19H29BrN3O3+. The molecule has 1 heterocycles. The number of nitrogens with two attached hydrogens (primary N) is 1. The molecule has 0 aromatic heterocycles. The number of ether oxygens (including phenoxy) is 1. The number of quaternary nitrogens is 1. The number of benzene rings is 1. The first-order chi connectivity index (χ1) is 12.5. The van der Waals surface area contributed by atoms with Gasteiger partial charge in [-0.15, -0.1) is 0 Å². The van der Waals surface area contributed by atoms with Crippen LogP contribution in [-0.2, 0) is 9.53 Å². The maximum absolute atomic E-state index is 12.3. The summed E-state index contributed by atoms with van der Waals surface area (Å²) >= 11 is 3.45. The van der Waals surface area contributed by atoms with E-state index in [1.807, 2.05) is 12.1 Å². The molecule has 1 aromatic carbocycles. The smallest absolute Gasteiger partial charge is 0.409 e. The molecule has 1 aromatic rings. The van der Waals surface area contributed by atoms with Crippen LogP contribution in [0.4, 0.5) is 4.79 Å². The summed E-state index contributed by atoms with van der Waals surface area (Å²) in [6, 6.07) is 8.66. The lowest BCUT2D eigenvalue weighted by Gasteiger charge is -2.31. The molecule has 26 heavy (non-hydrogen) atoms. The van der Waals surface area contributed by atoms with Crippen LogP contribution in [0.15, 0.2) is 28.7 Å². The molecule has 1 saturated heterocycles. The predicted octanol–water partition coefficient (Wildman–Crippen LogP) is 2.20. The third-order valence-corrected chi connectivity index (χ3v) is 5.24. The number of halogens is 1. The highest BCUT2D eigenvalue weighted by atomic mass is 79.9. The molecule has 0 spiro atoms. The second kappa shape index (κ2) is 10.5. The van der Waals surface area contributed by atoms with Crippen molar-refractivity contribution in [2.45, 2.75) is 45.2 Å². The quantitative estimate of drug-likeness (QED) is 0.701. The van der Waals surface area contributed by atoms with Crippen molar-refractivity contribution < 1.29 is 19.6 Å². The summed E-state index contributed by atoms with van der Waals surface area (Å²) in [5, 5.41) is 5.18. The Kier molecular flexibility index (Phi) is 8.38. The molecule has 1 aliphatic rings. The molecule has 2 rings (SSSR count). The molecule has 0 saturated carbocycles.